The lowest BCUT2D eigenvalue weighted by Gasteiger charge is -2.51. The first-order valence-corrected chi connectivity index (χ1v) is 23.2. The van der Waals surface area contributed by atoms with Crippen LogP contribution < -0.4 is 0 Å². The van der Waals surface area contributed by atoms with Crippen LogP contribution in [0.25, 0.3) is 0 Å². The van der Waals surface area contributed by atoms with Crippen molar-refractivity contribution in [1.29, 1.82) is 0 Å². The van der Waals surface area contributed by atoms with Gasteiger partial charge in [-0.3, -0.25) is 4.79 Å². The highest BCUT2D eigenvalue weighted by atomic mass is 16.7. The predicted molar refractivity (Wildman–Crippen MR) is 227 cm³/mol. The number of aliphatic hydroxyl groups excluding tert-OH is 2. The molecule has 14 nitrogen and oxygen atoms in total. The Morgan fingerprint density at radius 1 is 0.919 bits per heavy atom. The molecular formula is C48H74O14. The molecule has 0 amide bonds. The fourth-order valence-corrected chi connectivity index (χ4v) is 11.0. The highest BCUT2D eigenvalue weighted by Crippen LogP contribution is 2.48. The van der Waals surface area contributed by atoms with Crippen molar-refractivity contribution in [1.82, 2.24) is 0 Å². The maximum atomic E-state index is 14.4. The van der Waals surface area contributed by atoms with E-state index in [-0.39, 0.29) is 30.8 Å². The quantitative estimate of drug-likeness (QED) is 0.204. The molecular weight excluding hydrogens is 801 g/mol. The van der Waals surface area contributed by atoms with Crippen molar-refractivity contribution >= 4 is 5.97 Å². The van der Waals surface area contributed by atoms with Crippen LogP contribution in [-0.4, -0.2) is 139 Å². The van der Waals surface area contributed by atoms with E-state index in [9.17, 15) is 20.1 Å². The Bertz CT molecular complexity index is 1680. The van der Waals surface area contributed by atoms with Crippen LogP contribution in [0.15, 0.2) is 47.1 Å². The van der Waals surface area contributed by atoms with Crippen LogP contribution >= 0.6 is 0 Å². The van der Waals surface area contributed by atoms with Gasteiger partial charge in [0.1, 0.15) is 42.0 Å². The van der Waals surface area contributed by atoms with Crippen molar-refractivity contribution in [3.8, 4) is 0 Å². The molecule has 3 N–H and O–H groups in total. The molecule has 0 saturated carbocycles. The van der Waals surface area contributed by atoms with Gasteiger partial charge in [-0.05, 0) is 69.1 Å². The lowest BCUT2D eigenvalue weighted by molar-refractivity contribution is -0.340. The fraction of sp³-hybridized carbons (Fsp3) is 0.812. The van der Waals surface area contributed by atoms with E-state index in [1.807, 2.05) is 19.1 Å². The van der Waals surface area contributed by atoms with Gasteiger partial charge in [-0.2, -0.15) is 0 Å². The summed E-state index contributed by atoms with van der Waals surface area (Å²) < 4.78 is 63.9. The van der Waals surface area contributed by atoms with Crippen LogP contribution in [-0.2, 0) is 52.2 Å². The minimum atomic E-state index is -1.82. The molecule has 6 heterocycles. The highest BCUT2D eigenvalue weighted by molar-refractivity contribution is 5.78. The molecule has 5 fully saturated rings. The number of fused-ring (bicyclic) bond motifs is 2. The Balaban J connectivity index is 1.18. The molecule has 14 heteroatoms. The second kappa shape index (κ2) is 19.8. The first-order chi connectivity index (χ1) is 29.5. The summed E-state index contributed by atoms with van der Waals surface area (Å²) in [5.41, 5.74) is 0.188. The summed E-state index contributed by atoms with van der Waals surface area (Å²) in [6, 6.07) is 0. The summed E-state index contributed by atoms with van der Waals surface area (Å²) in [6.07, 6.45) is 6.53. The number of carbonyl (C=O) groups excluding carboxylic acids is 1. The average molecular weight is 875 g/mol. The molecule has 1 spiro atoms. The third kappa shape index (κ3) is 9.73. The lowest BCUT2D eigenvalue weighted by Crippen LogP contribution is -2.58. The molecule has 2 unspecified atom stereocenters. The van der Waals surface area contributed by atoms with Crippen LogP contribution in [0.5, 0.6) is 0 Å². The largest absolute Gasteiger partial charge is 0.462 e. The maximum absolute atomic E-state index is 14.4. The van der Waals surface area contributed by atoms with Crippen molar-refractivity contribution < 1.29 is 67.5 Å². The van der Waals surface area contributed by atoms with E-state index < -0.39 is 90.8 Å². The Hall–Kier alpha value is -2.05. The summed E-state index contributed by atoms with van der Waals surface area (Å²) in [5.74, 6) is -2.10. The second-order valence-corrected chi connectivity index (χ2v) is 19.4. The van der Waals surface area contributed by atoms with Gasteiger partial charge in [0, 0.05) is 52.2 Å². The molecule has 2 bridgehead atoms. The zero-order chi connectivity index (χ0) is 44.7. The number of rotatable bonds is 8. The Morgan fingerprint density at radius 3 is 2.35 bits per heavy atom. The van der Waals surface area contributed by atoms with Gasteiger partial charge in [0.15, 0.2) is 18.4 Å². The number of methoxy groups -OCH3 is 2. The second-order valence-electron chi connectivity index (χ2n) is 19.4. The molecule has 0 aromatic carbocycles. The summed E-state index contributed by atoms with van der Waals surface area (Å²) in [5, 5.41) is 34.2. The van der Waals surface area contributed by atoms with Crippen molar-refractivity contribution in [2.75, 3.05) is 20.8 Å². The van der Waals surface area contributed by atoms with Crippen LogP contribution in [0.4, 0.5) is 0 Å². The number of aliphatic hydroxyl groups is 3. The van der Waals surface area contributed by atoms with E-state index in [4.69, 9.17) is 47.4 Å². The van der Waals surface area contributed by atoms with E-state index in [0.29, 0.717) is 61.5 Å². The minimum Gasteiger partial charge on any atom is -0.462 e. The zero-order valence-corrected chi connectivity index (χ0v) is 38.5. The molecule has 0 aromatic rings. The lowest BCUT2D eigenvalue weighted by atomic mass is 9.71. The van der Waals surface area contributed by atoms with Gasteiger partial charge < -0.3 is 62.7 Å². The van der Waals surface area contributed by atoms with E-state index in [1.54, 1.807) is 40.2 Å². The summed E-state index contributed by atoms with van der Waals surface area (Å²) in [7, 11) is 3.23. The van der Waals surface area contributed by atoms with Crippen molar-refractivity contribution in [3.63, 3.8) is 0 Å². The molecule has 7 aliphatic rings. The molecule has 7 rings (SSSR count). The highest BCUT2D eigenvalue weighted by Gasteiger charge is 2.60. The predicted octanol–water partition coefficient (Wildman–Crippen LogP) is 5.60. The Morgan fingerprint density at radius 2 is 1.63 bits per heavy atom. The SMILES string of the molecule is CC[C@H](C)[C@H]1O[C@]2(CC[C@@H]1C)C[C@@H]1C[C@@H](C/C=C(\C)C(O[C@H]3C[C@H](OC)[C@@H](O[C@H]4C[C@H](OC)[C@@H](O)[C@H](C)O4)[C@H](C)O3)C(C)/C=C/C=C3\CO[C@@H]4[C@H](O)C(C)=C[C@@H](C(=O)O1)[C@]34O)O2. The van der Waals surface area contributed by atoms with Gasteiger partial charge in [0.05, 0.1) is 49.3 Å². The average Bonchev–Trinajstić information content (AvgIpc) is 3.58. The van der Waals surface area contributed by atoms with Crippen molar-refractivity contribution in [2.24, 2.45) is 23.7 Å². The van der Waals surface area contributed by atoms with Crippen LogP contribution in [0, 0.1) is 23.7 Å². The third-order valence-electron chi connectivity index (χ3n) is 14.9. The van der Waals surface area contributed by atoms with Gasteiger partial charge in [-0.1, -0.05) is 64.5 Å². The molecule has 1 aliphatic carbocycles. The molecule has 5 saturated heterocycles. The Kier molecular flexibility index (Phi) is 15.3. The van der Waals surface area contributed by atoms with Crippen LogP contribution in [0.2, 0.25) is 0 Å². The number of hydrogen-bond donors (Lipinski definition) is 3. The van der Waals surface area contributed by atoms with Crippen LogP contribution in [0.1, 0.15) is 107 Å². The molecule has 0 aromatic heterocycles. The monoisotopic (exact) mass is 875 g/mol. The van der Waals surface area contributed by atoms with E-state index in [0.717, 1.165) is 18.4 Å². The number of allylic oxidation sites excluding steroid dienone is 2. The number of carbonyl (C=O) groups is 1. The molecule has 62 heavy (non-hydrogen) atoms. The third-order valence-corrected chi connectivity index (χ3v) is 14.9. The van der Waals surface area contributed by atoms with Gasteiger partial charge in [0.2, 0.25) is 0 Å². The maximum Gasteiger partial charge on any atom is 0.316 e. The van der Waals surface area contributed by atoms with E-state index in [2.05, 4.69) is 40.7 Å². The van der Waals surface area contributed by atoms with Crippen LogP contribution in [0.3, 0.4) is 0 Å². The fourth-order valence-electron chi connectivity index (χ4n) is 11.0. The summed E-state index contributed by atoms with van der Waals surface area (Å²) in [4.78, 5) is 14.4. The first-order valence-electron chi connectivity index (χ1n) is 23.2. The molecule has 0 radical (unpaired) electrons. The van der Waals surface area contributed by atoms with Gasteiger partial charge >= 0.3 is 5.97 Å². The minimum absolute atomic E-state index is 0.00708. The standard InChI is InChI=1S/C48H74O14/c1-11-25(2)43-28(5)17-18-47(62-43)23-34-20-33(61-47)16-15-27(4)42(26(3)13-12-14-32-24-55-45-40(49)29(6)19-35(46(51)58-34)48(32,45)52)59-39-22-37(54-10)44(31(8)57-39)60-38-21-36(53-9)41(50)30(7)56-38/h12-15,19,25-26,28,30-31,33-45,49-50,52H,11,16-18,20-24H2,1-10H3/b13-12+,27-15+,32-14+/t25-,26?,28-,30-,31-,33+,34-,35-,36-,37-,38-,39-,40+,41-,42?,43+,44-,45+,47+,48+/m0/s1. The van der Waals surface area contributed by atoms with Gasteiger partial charge in [-0.15, -0.1) is 0 Å². The molecule has 20 atom stereocenters. The van der Waals surface area contributed by atoms with Crippen molar-refractivity contribution in [3.05, 3.63) is 47.1 Å². The summed E-state index contributed by atoms with van der Waals surface area (Å²) >= 11 is 0. The van der Waals surface area contributed by atoms with E-state index >= 15 is 0 Å². The number of hydrogen-bond acceptors (Lipinski definition) is 14. The van der Waals surface area contributed by atoms with Crippen molar-refractivity contribution in [2.45, 2.75) is 204 Å². The molecule has 350 valence electrons. The van der Waals surface area contributed by atoms with E-state index in [1.165, 1.54) is 0 Å². The first kappa shape index (κ1) is 47.9. The van der Waals surface area contributed by atoms with Gasteiger partial charge in [0.25, 0.3) is 0 Å². The summed E-state index contributed by atoms with van der Waals surface area (Å²) in [6.45, 7) is 16.3. The zero-order valence-electron chi connectivity index (χ0n) is 38.5. The smallest absolute Gasteiger partial charge is 0.316 e. The number of ether oxygens (including phenoxy) is 10. The Labute approximate surface area is 368 Å². The normalized spacial score (nSPS) is 49.4. The number of esters is 1. The van der Waals surface area contributed by atoms with Gasteiger partial charge in [-0.25, -0.2) is 0 Å². The topological polar surface area (TPSA) is 170 Å². The molecule has 6 aliphatic heterocycles.